The molecule has 0 radical (unpaired) electrons. The van der Waals surface area contributed by atoms with E-state index in [-0.39, 0.29) is 24.8 Å². The SMILES string of the molecule is CCN(CC)C(=O)CC(CN)c1c(F)cccc1Cl. The van der Waals surface area contributed by atoms with Crippen LogP contribution < -0.4 is 5.73 Å². The molecular weight excluding hydrogens is 267 g/mol. The van der Waals surface area contributed by atoms with Gasteiger partial charge in [0.2, 0.25) is 5.91 Å². The zero-order valence-electron chi connectivity index (χ0n) is 11.3. The van der Waals surface area contributed by atoms with E-state index in [1.54, 1.807) is 17.0 Å². The second-order valence-electron chi connectivity index (χ2n) is 4.34. The Bertz CT molecular complexity index is 415. The maximum absolute atomic E-state index is 13.8. The number of nitrogens with two attached hydrogens (primary N) is 1. The number of rotatable bonds is 6. The second kappa shape index (κ2) is 7.46. The van der Waals surface area contributed by atoms with Crippen LogP contribution in [0.25, 0.3) is 0 Å². The fourth-order valence-corrected chi connectivity index (χ4v) is 2.44. The van der Waals surface area contributed by atoms with Crippen LogP contribution in [0, 0.1) is 5.82 Å². The van der Waals surface area contributed by atoms with Gasteiger partial charge in [0.15, 0.2) is 0 Å². The third-order valence-electron chi connectivity index (χ3n) is 3.23. The predicted octanol–water partition coefficient (Wildman–Crippen LogP) is 2.78. The van der Waals surface area contributed by atoms with Crippen molar-refractivity contribution in [1.82, 2.24) is 4.90 Å². The van der Waals surface area contributed by atoms with E-state index in [1.807, 2.05) is 13.8 Å². The molecule has 1 rings (SSSR count). The lowest BCUT2D eigenvalue weighted by Gasteiger charge is -2.23. The quantitative estimate of drug-likeness (QED) is 0.874. The number of nitrogens with zero attached hydrogens (tertiary/aromatic N) is 1. The standard InChI is InChI=1S/C14H20ClFN2O/c1-3-18(4-2)13(19)8-10(9-17)14-11(15)6-5-7-12(14)16/h5-7,10H,3-4,8-9,17H2,1-2H3. The largest absolute Gasteiger partial charge is 0.343 e. The number of carbonyl (C=O) groups excluding carboxylic acids is 1. The van der Waals surface area contributed by atoms with Crippen LogP contribution in [-0.2, 0) is 4.79 Å². The molecule has 0 aliphatic heterocycles. The molecule has 2 N–H and O–H groups in total. The summed E-state index contributed by atoms with van der Waals surface area (Å²) in [5.74, 6) is -0.822. The van der Waals surface area contributed by atoms with E-state index in [0.717, 1.165) is 0 Å². The maximum atomic E-state index is 13.8. The molecule has 0 saturated heterocycles. The molecule has 0 spiro atoms. The first kappa shape index (κ1) is 15.9. The highest BCUT2D eigenvalue weighted by molar-refractivity contribution is 6.31. The van der Waals surface area contributed by atoms with Crippen LogP contribution in [0.1, 0.15) is 31.7 Å². The van der Waals surface area contributed by atoms with Crippen molar-refractivity contribution in [2.75, 3.05) is 19.6 Å². The Labute approximate surface area is 118 Å². The minimum Gasteiger partial charge on any atom is -0.343 e. The summed E-state index contributed by atoms with van der Waals surface area (Å²) in [5.41, 5.74) is 6.02. The first-order valence-electron chi connectivity index (χ1n) is 6.46. The summed E-state index contributed by atoms with van der Waals surface area (Å²) in [7, 11) is 0. The maximum Gasteiger partial charge on any atom is 0.223 e. The van der Waals surface area contributed by atoms with E-state index in [0.29, 0.717) is 23.7 Å². The Kier molecular flexibility index (Phi) is 6.25. The van der Waals surface area contributed by atoms with Gasteiger partial charge in [-0.15, -0.1) is 0 Å². The molecule has 1 aromatic carbocycles. The Balaban J connectivity index is 2.93. The topological polar surface area (TPSA) is 46.3 Å². The van der Waals surface area contributed by atoms with Crippen molar-refractivity contribution in [3.63, 3.8) is 0 Å². The van der Waals surface area contributed by atoms with E-state index in [4.69, 9.17) is 17.3 Å². The molecule has 0 saturated carbocycles. The van der Waals surface area contributed by atoms with E-state index >= 15 is 0 Å². The molecule has 0 fully saturated rings. The third kappa shape index (κ3) is 3.91. The van der Waals surface area contributed by atoms with Gasteiger partial charge >= 0.3 is 0 Å². The average molecular weight is 287 g/mol. The number of halogens is 2. The number of carbonyl (C=O) groups is 1. The highest BCUT2D eigenvalue weighted by atomic mass is 35.5. The van der Waals surface area contributed by atoms with Crippen LogP contribution >= 0.6 is 11.6 Å². The lowest BCUT2D eigenvalue weighted by Crippen LogP contribution is -2.33. The van der Waals surface area contributed by atoms with Crippen molar-refractivity contribution in [2.24, 2.45) is 5.73 Å². The Morgan fingerprint density at radius 1 is 1.42 bits per heavy atom. The number of amides is 1. The van der Waals surface area contributed by atoms with Gasteiger partial charge in [-0.05, 0) is 32.5 Å². The van der Waals surface area contributed by atoms with Crippen LogP contribution in [0.3, 0.4) is 0 Å². The lowest BCUT2D eigenvalue weighted by molar-refractivity contribution is -0.131. The van der Waals surface area contributed by atoms with Crippen molar-refractivity contribution in [3.8, 4) is 0 Å². The van der Waals surface area contributed by atoms with Crippen LogP contribution in [0.5, 0.6) is 0 Å². The molecule has 1 aromatic rings. The molecule has 106 valence electrons. The monoisotopic (exact) mass is 286 g/mol. The first-order chi connectivity index (χ1) is 9.04. The molecule has 3 nitrogen and oxygen atoms in total. The van der Waals surface area contributed by atoms with Gasteiger partial charge in [0.05, 0.1) is 0 Å². The second-order valence-corrected chi connectivity index (χ2v) is 4.75. The summed E-state index contributed by atoms with van der Waals surface area (Å²) >= 11 is 6.01. The Hall–Kier alpha value is -1.13. The van der Waals surface area contributed by atoms with Crippen molar-refractivity contribution >= 4 is 17.5 Å². The highest BCUT2D eigenvalue weighted by Gasteiger charge is 2.22. The average Bonchev–Trinajstić information content (AvgIpc) is 2.38. The van der Waals surface area contributed by atoms with Gasteiger partial charge in [0.1, 0.15) is 5.82 Å². The van der Waals surface area contributed by atoms with Gasteiger partial charge in [-0.1, -0.05) is 17.7 Å². The summed E-state index contributed by atoms with van der Waals surface area (Å²) in [6, 6.07) is 4.50. The molecule has 1 amide bonds. The molecule has 0 aliphatic carbocycles. The number of hydrogen-bond donors (Lipinski definition) is 1. The normalized spacial score (nSPS) is 12.3. The summed E-state index contributed by atoms with van der Waals surface area (Å²) < 4.78 is 13.8. The number of benzene rings is 1. The van der Waals surface area contributed by atoms with Crippen molar-refractivity contribution < 1.29 is 9.18 Å². The van der Waals surface area contributed by atoms with Crippen molar-refractivity contribution in [1.29, 1.82) is 0 Å². The molecule has 1 unspecified atom stereocenters. The van der Waals surface area contributed by atoms with Gasteiger partial charge in [-0.25, -0.2) is 4.39 Å². The fraction of sp³-hybridized carbons (Fsp3) is 0.500. The molecule has 0 aliphatic rings. The van der Waals surface area contributed by atoms with Gasteiger partial charge in [-0.2, -0.15) is 0 Å². The van der Waals surface area contributed by atoms with E-state index in [1.165, 1.54) is 6.07 Å². The van der Waals surface area contributed by atoms with Gasteiger partial charge in [-0.3, -0.25) is 4.79 Å². The van der Waals surface area contributed by atoms with Crippen LogP contribution in [0.2, 0.25) is 5.02 Å². The van der Waals surface area contributed by atoms with Crippen molar-refractivity contribution in [3.05, 3.63) is 34.6 Å². The fourth-order valence-electron chi connectivity index (χ4n) is 2.12. The molecule has 1 atom stereocenters. The van der Waals surface area contributed by atoms with Gasteiger partial charge in [0, 0.05) is 36.0 Å². The molecule has 19 heavy (non-hydrogen) atoms. The zero-order valence-corrected chi connectivity index (χ0v) is 12.1. The smallest absolute Gasteiger partial charge is 0.223 e. The minimum absolute atomic E-state index is 0.0280. The molecule has 0 aromatic heterocycles. The van der Waals surface area contributed by atoms with E-state index in [2.05, 4.69) is 0 Å². The molecule has 5 heteroatoms. The third-order valence-corrected chi connectivity index (χ3v) is 3.56. The van der Waals surface area contributed by atoms with Crippen LogP contribution in [-0.4, -0.2) is 30.4 Å². The Morgan fingerprint density at radius 3 is 2.53 bits per heavy atom. The van der Waals surface area contributed by atoms with E-state index < -0.39 is 5.82 Å². The summed E-state index contributed by atoms with van der Waals surface area (Å²) in [6.45, 7) is 5.28. The van der Waals surface area contributed by atoms with Gasteiger partial charge < -0.3 is 10.6 Å². The van der Waals surface area contributed by atoms with Crippen LogP contribution in [0.4, 0.5) is 4.39 Å². The number of hydrogen-bond acceptors (Lipinski definition) is 2. The van der Waals surface area contributed by atoms with Gasteiger partial charge in [0.25, 0.3) is 0 Å². The zero-order chi connectivity index (χ0) is 14.4. The van der Waals surface area contributed by atoms with Crippen LogP contribution in [0.15, 0.2) is 18.2 Å². The Morgan fingerprint density at radius 2 is 2.05 bits per heavy atom. The molecular formula is C14H20ClFN2O. The van der Waals surface area contributed by atoms with Crippen molar-refractivity contribution in [2.45, 2.75) is 26.2 Å². The lowest BCUT2D eigenvalue weighted by atomic mass is 9.94. The summed E-state index contributed by atoms with van der Waals surface area (Å²) in [4.78, 5) is 13.8. The summed E-state index contributed by atoms with van der Waals surface area (Å²) in [6.07, 6.45) is 0.179. The van der Waals surface area contributed by atoms with E-state index in [9.17, 15) is 9.18 Å². The summed E-state index contributed by atoms with van der Waals surface area (Å²) in [5, 5.41) is 0.322. The first-order valence-corrected chi connectivity index (χ1v) is 6.84. The predicted molar refractivity (Wildman–Crippen MR) is 75.8 cm³/mol. The molecule has 0 heterocycles. The minimum atomic E-state index is -0.407. The highest BCUT2D eigenvalue weighted by Crippen LogP contribution is 2.29. The molecule has 0 bridgehead atoms.